The normalized spacial score (nSPS) is 31.1. The maximum Gasteiger partial charge on any atom is 0.166 e. The lowest BCUT2D eigenvalue weighted by Gasteiger charge is -2.50. The first-order valence-corrected chi connectivity index (χ1v) is 8.45. The van der Waals surface area contributed by atoms with Crippen LogP contribution < -0.4 is 10.6 Å². The summed E-state index contributed by atoms with van der Waals surface area (Å²) in [6.07, 6.45) is 5.72. The summed E-state index contributed by atoms with van der Waals surface area (Å²) in [5.74, 6) is 2.75. The average molecular weight is 307 g/mol. The molecule has 4 atom stereocenters. The molecule has 0 amide bonds. The van der Waals surface area contributed by atoms with Crippen LogP contribution in [0.3, 0.4) is 0 Å². The number of thiocarbonyl (C=S) groups is 1. The Morgan fingerprint density at radius 2 is 2.38 bits per heavy atom. The molecule has 3 fully saturated rings. The summed E-state index contributed by atoms with van der Waals surface area (Å²) in [5.41, 5.74) is 0. The Kier molecular flexibility index (Phi) is 4.80. The standard InChI is InChI=1S/C16H25N3OS/c1-2-12-11-19-6-5-13(12)8-14(19)9-17-16(21)18-10-15-4-3-7-20-15/h3-4,7,12-14H,2,5-6,8-11H2,1H3,(H2,17,18,21). The van der Waals surface area contributed by atoms with Gasteiger partial charge in [-0.15, -0.1) is 0 Å². The number of hydrogen-bond donors (Lipinski definition) is 2. The molecule has 1 aromatic rings. The summed E-state index contributed by atoms with van der Waals surface area (Å²) in [4.78, 5) is 2.65. The number of rotatable bonds is 5. The first-order chi connectivity index (χ1) is 10.3. The Balaban J connectivity index is 1.40. The number of hydrogen-bond acceptors (Lipinski definition) is 3. The molecule has 0 saturated carbocycles. The summed E-state index contributed by atoms with van der Waals surface area (Å²) >= 11 is 5.35. The van der Waals surface area contributed by atoms with Crippen molar-refractivity contribution in [3.05, 3.63) is 24.2 Å². The number of furan rings is 1. The summed E-state index contributed by atoms with van der Waals surface area (Å²) < 4.78 is 5.28. The molecule has 5 heteroatoms. The van der Waals surface area contributed by atoms with E-state index in [-0.39, 0.29) is 0 Å². The van der Waals surface area contributed by atoms with Crippen molar-refractivity contribution in [1.29, 1.82) is 0 Å². The molecular weight excluding hydrogens is 282 g/mol. The number of piperidine rings is 3. The fourth-order valence-electron chi connectivity index (χ4n) is 3.78. The van der Waals surface area contributed by atoms with Gasteiger partial charge in [0.25, 0.3) is 0 Å². The zero-order valence-electron chi connectivity index (χ0n) is 12.7. The van der Waals surface area contributed by atoms with Gasteiger partial charge >= 0.3 is 0 Å². The minimum atomic E-state index is 0.647. The van der Waals surface area contributed by atoms with E-state index >= 15 is 0 Å². The first-order valence-electron chi connectivity index (χ1n) is 8.04. The highest BCUT2D eigenvalue weighted by Gasteiger charge is 2.38. The van der Waals surface area contributed by atoms with Gasteiger partial charge in [-0.3, -0.25) is 4.90 Å². The number of nitrogens with zero attached hydrogens (tertiary/aromatic N) is 1. The van der Waals surface area contributed by atoms with E-state index in [1.165, 1.54) is 32.4 Å². The molecule has 4 rings (SSSR count). The van der Waals surface area contributed by atoms with Gasteiger partial charge in [0.1, 0.15) is 5.76 Å². The van der Waals surface area contributed by atoms with E-state index in [1.807, 2.05) is 12.1 Å². The van der Waals surface area contributed by atoms with E-state index < -0.39 is 0 Å². The van der Waals surface area contributed by atoms with Crippen LogP contribution in [0.25, 0.3) is 0 Å². The molecule has 4 heterocycles. The van der Waals surface area contributed by atoms with Crippen LogP contribution in [0.5, 0.6) is 0 Å². The molecule has 3 saturated heterocycles. The largest absolute Gasteiger partial charge is 0.467 e. The van der Waals surface area contributed by atoms with Crippen molar-refractivity contribution in [2.24, 2.45) is 11.8 Å². The Bertz CT molecular complexity index is 462. The van der Waals surface area contributed by atoms with Crippen molar-refractivity contribution >= 4 is 17.3 Å². The summed E-state index contributed by atoms with van der Waals surface area (Å²) in [6.45, 7) is 6.47. The molecule has 21 heavy (non-hydrogen) atoms. The SMILES string of the molecule is CCC1CN2CCC1CC2CNC(=S)NCc1ccco1. The molecule has 3 aliphatic rings. The zero-order valence-corrected chi connectivity index (χ0v) is 13.5. The van der Waals surface area contributed by atoms with E-state index in [9.17, 15) is 0 Å². The molecule has 0 spiro atoms. The van der Waals surface area contributed by atoms with Crippen LogP contribution in [-0.2, 0) is 6.54 Å². The predicted octanol–water partition coefficient (Wildman–Crippen LogP) is 2.36. The van der Waals surface area contributed by atoms with Gasteiger partial charge in [-0.05, 0) is 55.6 Å². The average Bonchev–Trinajstić information content (AvgIpc) is 3.04. The van der Waals surface area contributed by atoms with E-state index in [0.717, 1.165) is 29.3 Å². The van der Waals surface area contributed by atoms with Gasteiger partial charge < -0.3 is 15.1 Å². The molecule has 2 bridgehead atoms. The quantitative estimate of drug-likeness (QED) is 0.817. The minimum absolute atomic E-state index is 0.647. The van der Waals surface area contributed by atoms with Crippen molar-refractivity contribution in [3.63, 3.8) is 0 Å². The van der Waals surface area contributed by atoms with Gasteiger partial charge in [0.15, 0.2) is 5.11 Å². The highest BCUT2D eigenvalue weighted by Crippen LogP contribution is 2.37. The second kappa shape index (κ2) is 6.79. The van der Waals surface area contributed by atoms with Crippen LogP contribution in [0.1, 0.15) is 31.9 Å². The molecule has 1 aromatic heterocycles. The fraction of sp³-hybridized carbons (Fsp3) is 0.688. The van der Waals surface area contributed by atoms with Gasteiger partial charge in [-0.2, -0.15) is 0 Å². The van der Waals surface area contributed by atoms with Crippen LogP contribution >= 0.6 is 12.2 Å². The van der Waals surface area contributed by atoms with Crippen molar-refractivity contribution in [2.45, 2.75) is 38.8 Å². The Morgan fingerprint density at radius 3 is 3.05 bits per heavy atom. The molecule has 3 aliphatic heterocycles. The lowest BCUT2D eigenvalue weighted by molar-refractivity contribution is 0.00205. The lowest BCUT2D eigenvalue weighted by Crippen LogP contribution is -2.57. The molecule has 0 aromatic carbocycles. The van der Waals surface area contributed by atoms with E-state index in [4.69, 9.17) is 16.6 Å². The number of fused-ring (bicyclic) bond motifs is 3. The minimum Gasteiger partial charge on any atom is -0.467 e. The molecule has 0 aliphatic carbocycles. The van der Waals surface area contributed by atoms with Crippen molar-refractivity contribution in [3.8, 4) is 0 Å². The topological polar surface area (TPSA) is 40.4 Å². The highest BCUT2D eigenvalue weighted by atomic mass is 32.1. The molecular formula is C16H25N3OS. The van der Waals surface area contributed by atoms with E-state index in [0.29, 0.717) is 12.6 Å². The van der Waals surface area contributed by atoms with Gasteiger partial charge in [0.05, 0.1) is 12.8 Å². The van der Waals surface area contributed by atoms with Crippen molar-refractivity contribution in [1.82, 2.24) is 15.5 Å². The third-order valence-electron chi connectivity index (χ3n) is 5.04. The van der Waals surface area contributed by atoms with Gasteiger partial charge in [-0.25, -0.2) is 0 Å². The Hall–Kier alpha value is -1.07. The Labute approximate surface area is 132 Å². The van der Waals surface area contributed by atoms with Gasteiger partial charge in [0, 0.05) is 19.1 Å². The zero-order chi connectivity index (χ0) is 14.7. The second-order valence-corrected chi connectivity index (χ2v) is 6.65. The van der Waals surface area contributed by atoms with E-state index in [1.54, 1.807) is 6.26 Å². The third kappa shape index (κ3) is 3.58. The van der Waals surface area contributed by atoms with Crippen molar-refractivity contribution in [2.75, 3.05) is 19.6 Å². The monoisotopic (exact) mass is 307 g/mol. The maximum atomic E-state index is 5.35. The first kappa shape index (κ1) is 14.9. The van der Waals surface area contributed by atoms with Crippen LogP contribution in [0.15, 0.2) is 22.8 Å². The summed E-state index contributed by atoms with van der Waals surface area (Å²) in [7, 11) is 0. The van der Waals surface area contributed by atoms with E-state index in [2.05, 4.69) is 22.5 Å². The lowest BCUT2D eigenvalue weighted by atomic mass is 9.74. The fourth-order valence-corrected chi connectivity index (χ4v) is 3.93. The van der Waals surface area contributed by atoms with Crippen LogP contribution in [0, 0.1) is 11.8 Å². The van der Waals surface area contributed by atoms with Gasteiger partial charge in [-0.1, -0.05) is 13.3 Å². The predicted molar refractivity (Wildman–Crippen MR) is 88.0 cm³/mol. The smallest absolute Gasteiger partial charge is 0.166 e. The summed E-state index contributed by atoms with van der Waals surface area (Å²) in [5, 5.41) is 7.29. The third-order valence-corrected chi connectivity index (χ3v) is 5.33. The molecule has 0 radical (unpaired) electrons. The molecule has 116 valence electrons. The number of nitrogens with one attached hydrogen (secondary N) is 2. The van der Waals surface area contributed by atoms with Crippen LogP contribution in [-0.4, -0.2) is 35.7 Å². The molecule has 4 nitrogen and oxygen atoms in total. The molecule has 2 N–H and O–H groups in total. The molecule has 4 unspecified atom stereocenters. The second-order valence-electron chi connectivity index (χ2n) is 6.24. The summed E-state index contributed by atoms with van der Waals surface area (Å²) in [6, 6.07) is 4.49. The maximum absolute atomic E-state index is 5.35. The van der Waals surface area contributed by atoms with Crippen LogP contribution in [0.2, 0.25) is 0 Å². The Morgan fingerprint density at radius 1 is 1.48 bits per heavy atom. The van der Waals surface area contributed by atoms with Crippen LogP contribution in [0.4, 0.5) is 0 Å². The highest BCUT2D eigenvalue weighted by molar-refractivity contribution is 7.80. The van der Waals surface area contributed by atoms with Gasteiger partial charge in [0.2, 0.25) is 0 Å². The van der Waals surface area contributed by atoms with Crippen molar-refractivity contribution < 1.29 is 4.42 Å².